The van der Waals surface area contributed by atoms with Crippen molar-refractivity contribution < 1.29 is 9.59 Å². The Morgan fingerprint density at radius 3 is 2.79 bits per heavy atom. The molecule has 0 saturated heterocycles. The van der Waals surface area contributed by atoms with Gasteiger partial charge in [0, 0.05) is 23.2 Å². The number of aliphatic imine (C=N–C) groups is 1. The molecule has 0 radical (unpaired) electrons. The van der Waals surface area contributed by atoms with Gasteiger partial charge in [0.05, 0.1) is 21.1 Å². The van der Waals surface area contributed by atoms with Crippen molar-refractivity contribution in [2.75, 3.05) is 10.6 Å². The van der Waals surface area contributed by atoms with E-state index in [9.17, 15) is 9.59 Å². The van der Waals surface area contributed by atoms with E-state index < -0.39 is 0 Å². The van der Waals surface area contributed by atoms with Gasteiger partial charge in [-0.25, -0.2) is 0 Å². The highest BCUT2D eigenvalue weighted by Gasteiger charge is 2.24. The normalized spacial score (nSPS) is 17.7. The Hall–Kier alpha value is -3.16. The van der Waals surface area contributed by atoms with Gasteiger partial charge in [-0.2, -0.15) is 4.99 Å². The molecule has 172 valence electrons. The van der Waals surface area contributed by atoms with Crippen LogP contribution in [0.3, 0.4) is 0 Å². The summed E-state index contributed by atoms with van der Waals surface area (Å²) in [5, 5.41) is 8.06. The van der Waals surface area contributed by atoms with Gasteiger partial charge in [-0.3, -0.25) is 14.6 Å². The van der Waals surface area contributed by atoms with Gasteiger partial charge in [-0.1, -0.05) is 43.0 Å². The van der Waals surface area contributed by atoms with Crippen LogP contribution in [0.5, 0.6) is 0 Å². The largest absolute Gasteiger partial charge is 0.333 e. The van der Waals surface area contributed by atoms with Crippen molar-refractivity contribution in [2.45, 2.75) is 32.1 Å². The molecule has 0 bridgehead atoms. The molecule has 1 aliphatic heterocycles. The van der Waals surface area contributed by atoms with Crippen LogP contribution in [-0.2, 0) is 9.59 Å². The molecule has 1 saturated carbocycles. The van der Waals surface area contributed by atoms with Crippen LogP contribution in [0.1, 0.15) is 37.7 Å². The Bertz CT molecular complexity index is 1330. The van der Waals surface area contributed by atoms with Crippen molar-refractivity contribution in [1.82, 2.24) is 4.98 Å². The maximum Gasteiger partial charge on any atom is 0.286 e. The van der Waals surface area contributed by atoms with E-state index in [2.05, 4.69) is 20.6 Å². The number of halogens is 1. The number of anilines is 2. The van der Waals surface area contributed by atoms with E-state index in [-0.39, 0.29) is 17.7 Å². The molecule has 6 nitrogen and oxygen atoms in total. The van der Waals surface area contributed by atoms with Crippen LogP contribution in [0, 0.1) is 5.92 Å². The van der Waals surface area contributed by atoms with Crippen molar-refractivity contribution in [3.63, 3.8) is 0 Å². The number of rotatable bonds is 4. The molecule has 2 N–H and O–H groups in total. The van der Waals surface area contributed by atoms with E-state index in [4.69, 9.17) is 11.6 Å². The number of amidine groups is 1. The zero-order valence-corrected chi connectivity index (χ0v) is 20.0. The molecule has 2 amide bonds. The minimum absolute atomic E-state index is 0.0477. The molecule has 0 unspecified atom stereocenters. The van der Waals surface area contributed by atoms with Crippen molar-refractivity contribution in [3.05, 3.63) is 70.2 Å². The number of benzene rings is 2. The van der Waals surface area contributed by atoms with Gasteiger partial charge in [0.15, 0.2) is 5.17 Å². The first-order valence-electron chi connectivity index (χ1n) is 11.3. The Morgan fingerprint density at radius 1 is 1.09 bits per heavy atom. The first-order valence-corrected chi connectivity index (χ1v) is 12.5. The van der Waals surface area contributed by atoms with Crippen molar-refractivity contribution in [1.29, 1.82) is 0 Å². The summed E-state index contributed by atoms with van der Waals surface area (Å²) in [6.07, 6.45) is 8.84. The molecule has 2 aliphatic rings. The van der Waals surface area contributed by atoms with Crippen LogP contribution in [0.25, 0.3) is 17.0 Å². The number of fused-ring (bicyclic) bond motifs is 1. The average Bonchev–Trinajstić information content (AvgIpc) is 3.20. The number of amides is 2. The van der Waals surface area contributed by atoms with E-state index in [0.717, 1.165) is 42.1 Å². The van der Waals surface area contributed by atoms with Crippen LogP contribution < -0.4 is 10.6 Å². The summed E-state index contributed by atoms with van der Waals surface area (Å²) in [6.45, 7) is 0. The maximum atomic E-state index is 12.6. The topological polar surface area (TPSA) is 83.5 Å². The third-order valence-electron chi connectivity index (χ3n) is 6.00. The number of hydrogen-bond donors (Lipinski definition) is 2. The SMILES string of the molecule is O=C1N=C(Nc2cc(NC(=O)C3CCCCC3)ccc2Cl)SC1=Cc1ccc2ncccc2c1. The van der Waals surface area contributed by atoms with Gasteiger partial charge in [0.1, 0.15) is 0 Å². The quantitative estimate of drug-likeness (QED) is 0.408. The molecule has 1 aromatic heterocycles. The molecule has 34 heavy (non-hydrogen) atoms. The lowest BCUT2D eigenvalue weighted by atomic mass is 9.88. The number of nitrogens with zero attached hydrogens (tertiary/aromatic N) is 2. The lowest BCUT2D eigenvalue weighted by Crippen LogP contribution is -2.24. The summed E-state index contributed by atoms with van der Waals surface area (Å²) in [5.41, 5.74) is 3.05. The number of thioether (sulfide) groups is 1. The molecular weight excluding hydrogens is 468 g/mol. The highest BCUT2D eigenvalue weighted by Crippen LogP contribution is 2.33. The van der Waals surface area contributed by atoms with Crippen LogP contribution in [0.15, 0.2) is 64.6 Å². The Kier molecular flexibility index (Phi) is 6.65. The second-order valence-electron chi connectivity index (χ2n) is 8.43. The molecule has 0 spiro atoms. The van der Waals surface area contributed by atoms with Gasteiger partial charge in [0.2, 0.25) is 5.91 Å². The summed E-state index contributed by atoms with van der Waals surface area (Å²) in [4.78, 5) is 34.1. The first-order chi connectivity index (χ1) is 16.5. The number of nitrogens with one attached hydrogen (secondary N) is 2. The highest BCUT2D eigenvalue weighted by molar-refractivity contribution is 8.18. The third-order valence-corrected chi connectivity index (χ3v) is 7.23. The smallest absolute Gasteiger partial charge is 0.286 e. The maximum absolute atomic E-state index is 12.6. The fourth-order valence-electron chi connectivity index (χ4n) is 4.22. The summed E-state index contributed by atoms with van der Waals surface area (Å²) in [7, 11) is 0. The molecule has 8 heteroatoms. The van der Waals surface area contributed by atoms with E-state index in [1.807, 2.05) is 36.4 Å². The van der Waals surface area contributed by atoms with Crippen molar-refractivity contribution >= 4 is 68.7 Å². The summed E-state index contributed by atoms with van der Waals surface area (Å²) in [5.74, 6) is -0.199. The molecule has 2 heterocycles. The van der Waals surface area contributed by atoms with Gasteiger partial charge in [0.25, 0.3) is 5.91 Å². The second kappa shape index (κ2) is 9.99. The Labute approximate surface area is 206 Å². The number of carbonyl (C=O) groups is 2. The fraction of sp³-hybridized carbons (Fsp3) is 0.231. The van der Waals surface area contributed by atoms with E-state index >= 15 is 0 Å². The van der Waals surface area contributed by atoms with E-state index in [0.29, 0.717) is 26.5 Å². The second-order valence-corrected chi connectivity index (χ2v) is 9.87. The van der Waals surface area contributed by atoms with E-state index in [1.54, 1.807) is 24.4 Å². The Balaban J connectivity index is 1.28. The summed E-state index contributed by atoms with van der Waals surface area (Å²) >= 11 is 7.63. The standard InChI is InChI=1S/C26H23ClN4O2S/c27-20-10-9-19(29-24(32)17-5-2-1-3-6-17)15-22(20)30-26-31-25(33)23(34-26)14-16-8-11-21-18(13-16)7-4-12-28-21/h4,7-15,17H,1-3,5-6H2,(H,29,32)(H,30,31,33). The monoisotopic (exact) mass is 490 g/mol. The molecule has 2 aromatic carbocycles. The number of hydrogen-bond acceptors (Lipinski definition) is 5. The van der Waals surface area contributed by atoms with Crippen molar-refractivity contribution in [2.24, 2.45) is 10.9 Å². The van der Waals surface area contributed by atoms with Gasteiger partial charge >= 0.3 is 0 Å². The molecule has 1 aliphatic carbocycles. The van der Waals surface area contributed by atoms with Crippen LogP contribution in [0.2, 0.25) is 5.02 Å². The highest BCUT2D eigenvalue weighted by atomic mass is 35.5. The van der Waals surface area contributed by atoms with Crippen LogP contribution >= 0.6 is 23.4 Å². The minimum Gasteiger partial charge on any atom is -0.333 e. The van der Waals surface area contributed by atoms with Crippen molar-refractivity contribution in [3.8, 4) is 0 Å². The molecular formula is C26H23ClN4O2S. The first kappa shape index (κ1) is 22.6. The van der Waals surface area contributed by atoms with Crippen LogP contribution in [-0.4, -0.2) is 22.0 Å². The van der Waals surface area contributed by atoms with E-state index in [1.165, 1.54) is 18.2 Å². The van der Waals surface area contributed by atoms with Crippen LogP contribution in [0.4, 0.5) is 11.4 Å². The summed E-state index contributed by atoms with van der Waals surface area (Å²) in [6, 6.07) is 15.0. The third kappa shape index (κ3) is 5.16. The predicted octanol–water partition coefficient (Wildman–Crippen LogP) is 6.49. The molecule has 3 aromatic rings. The lowest BCUT2D eigenvalue weighted by molar-refractivity contribution is -0.120. The summed E-state index contributed by atoms with van der Waals surface area (Å²) < 4.78 is 0. The molecule has 0 atom stereocenters. The molecule has 1 fully saturated rings. The molecule has 5 rings (SSSR count). The average molecular weight is 491 g/mol. The number of aromatic nitrogens is 1. The number of carbonyl (C=O) groups excluding carboxylic acids is 2. The number of pyridine rings is 1. The zero-order chi connectivity index (χ0) is 23.5. The zero-order valence-electron chi connectivity index (χ0n) is 18.4. The minimum atomic E-state index is -0.309. The predicted molar refractivity (Wildman–Crippen MR) is 140 cm³/mol. The Morgan fingerprint density at radius 2 is 1.94 bits per heavy atom. The fourth-order valence-corrected chi connectivity index (χ4v) is 5.21. The van der Waals surface area contributed by atoms with Gasteiger partial charge in [-0.05, 0) is 72.6 Å². The van der Waals surface area contributed by atoms with Gasteiger partial charge < -0.3 is 10.6 Å². The van der Waals surface area contributed by atoms with Gasteiger partial charge in [-0.15, -0.1) is 0 Å². The lowest BCUT2D eigenvalue weighted by Gasteiger charge is -2.21.